The van der Waals surface area contributed by atoms with Crippen molar-refractivity contribution in [3.63, 3.8) is 0 Å². The lowest BCUT2D eigenvalue weighted by Gasteiger charge is -2.44. The van der Waals surface area contributed by atoms with E-state index in [2.05, 4.69) is 11.8 Å². The first-order valence-corrected chi connectivity index (χ1v) is 9.28. The maximum Gasteiger partial charge on any atom is 0.186 e. The van der Waals surface area contributed by atoms with Gasteiger partial charge in [0.1, 0.15) is 0 Å². The summed E-state index contributed by atoms with van der Waals surface area (Å²) in [5.74, 6) is 0. The van der Waals surface area contributed by atoms with E-state index < -0.39 is 0 Å². The molecule has 0 amide bonds. The zero-order chi connectivity index (χ0) is 14.7. The summed E-state index contributed by atoms with van der Waals surface area (Å²) >= 11 is 1.59. The topological polar surface area (TPSA) is 33.2 Å². The van der Waals surface area contributed by atoms with Crippen molar-refractivity contribution < 1.29 is 4.79 Å². The van der Waals surface area contributed by atoms with Gasteiger partial charge in [0.15, 0.2) is 11.4 Å². The Balaban J connectivity index is 1.67. The van der Waals surface area contributed by atoms with Crippen molar-refractivity contribution in [2.45, 2.75) is 64.7 Å². The van der Waals surface area contributed by atoms with Crippen molar-refractivity contribution in [3.05, 3.63) is 10.6 Å². The first-order chi connectivity index (χ1) is 10.3. The minimum Gasteiger partial charge on any atom is -0.348 e. The van der Waals surface area contributed by atoms with Gasteiger partial charge in [-0.15, -0.1) is 0 Å². The molecule has 1 aliphatic carbocycles. The Morgan fingerprint density at radius 2 is 1.90 bits per heavy atom. The van der Waals surface area contributed by atoms with Crippen LogP contribution in [0.4, 0.5) is 5.13 Å². The van der Waals surface area contributed by atoms with Crippen LogP contribution in [0, 0.1) is 5.41 Å². The first-order valence-electron chi connectivity index (χ1n) is 8.46. The van der Waals surface area contributed by atoms with Crippen LogP contribution in [0.1, 0.15) is 73.7 Å². The number of carbonyl (C=O) groups excluding carboxylic acids is 1. The molecule has 3 rings (SSSR count). The van der Waals surface area contributed by atoms with Gasteiger partial charge in [0.2, 0.25) is 0 Å². The normalized spacial score (nSPS) is 21.7. The van der Waals surface area contributed by atoms with Gasteiger partial charge in [-0.3, -0.25) is 4.79 Å². The molecular weight excluding hydrogens is 280 g/mol. The van der Waals surface area contributed by atoms with Gasteiger partial charge >= 0.3 is 0 Å². The largest absolute Gasteiger partial charge is 0.348 e. The highest BCUT2D eigenvalue weighted by Gasteiger charge is 2.36. The SMILES string of the molecule is CCCc1nc(N2CCC3(CCCCC3)CC2)sc1C=O. The van der Waals surface area contributed by atoms with Gasteiger partial charge in [-0.2, -0.15) is 0 Å². The fraction of sp³-hybridized carbons (Fsp3) is 0.765. The van der Waals surface area contributed by atoms with Crippen LogP contribution in [0.25, 0.3) is 0 Å². The molecule has 4 heteroatoms. The number of carbonyl (C=O) groups is 1. The monoisotopic (exact) mass is 306 g/mol. The van der Waals surface area contributed by atoms with Crippen molar-refractivity contribution in [2.24, 2.45) is 5.41 Å². The van der Waals surface area contributed by atoms with E-state index in [0.717, 1.165) is 47.9 Å². The van der Waals surface area contributed by atoms with Crippen LogP contribution in [-0.2, 0) is 6.42 Å². The number of hydrogen-bond acceptors (Lipinski definition) is 4. The average molecular weight is 306 g/mol. The highest BCUT2D eigenvalue weighted by Crippen LogP contribution is 2.45. The number of anilines is 1. The molecule has 2 heterocycles. The Hall–Kier alpha value is -0.900. The lowest BCUT2D eigenvalue weighted by molar-refractivity contribution is 0.112. The summed E-state index contributed by atoms with van der Waals surface area (Å²) in [5.41, 5.74) is 1.64. The van der Waals surface area contributed by atoms with E-state index in [4.69, 9.17) is 4.98 Å². The minimum atomic E-state index is 0.631. The third-order valence-corrected chi connectivity index (χ3v) is 6.40. The molecule has 0 unspecified atom stereocenters. The molecule has 1 saturated carbocycles. The number of nitrogens with zero attached hydrogens (tertiary/aromatic N) is 2. The molecule has 1 aromatic rings. The van der Waals surface area contributed by atoms with Gasteiger partial charge in [-0.25, -0.2) is 4.98 Å². The summed E-state index contributed by atoms with van der Waals surface area (Å²) in [6.07, 6.45) is 12.7. The molecule has 0 aromatic carbocycles. The summed E-state index contributed by atoms with van der Waals surface area (Å²) in [7, 11) is 0. The van der Waals surface area contributed by atoms with E-state index in [0.29, 0.717) is 5.41 Å². The van der Waals surface area contributed by atoms with Crippen molar-refractivity contribution >= 4 is 22.8 Å². The van der Waals surface area contributed by atoms with E-state index in [9.17, 15) is 4.79 Å². The second kappa shape index (κ2) is 6.47. The molecule has 2 aliphatic rings. The van der Waals surface area contributed by atoms with E-state index in [-0.39, 0.29) is 0 Å². The van der Waals surface area contributed by atoms with Crippen molar-refractivity contribution in [1.29, 1.82) is 0 Å². The summed E-state index contributed by atoms with van der Waals surface area (Å²) < 4.78 is 0. The molecule has 1 spiro atoms. The lowest BCUT2D eigenvalue weighted by Crippen LogP contribution is -2.41. The van der Waals surface area contributed by atoms with Crippen LogP contribution in [0.15, 0.2) is 0 Å². The summed E-state index contributed by atoms with van der Waals surface area (Å²) in [5, 5.41) is 1.08. The number of rotatable bonds is 4. The molecule has 1 saturated heterocycles. The third-order valence-electron chi connectivity index (χ3n) is 5.32. The Kier molecular flexibility index (Phi) is 4.63. The van der Waals surface area contributed by atoms with Gasteiger partial charge in [0.25, 0.3) is 0 Å². The average Bonchev–Trinajstić information content (AvgIpc) is 2.92. The summed E-state index contributed by atoms with van der Waals surface area (Å²) in [4.78, 5) is 19.2. The van der Waals surface area contributed by atoms with Gasteiger partial charge in [0, 0.05) is 13.1 Å². The van der Waals surface area contributed by atoms with Crippen LogP contribution in [0.3, 0.4) is 0 Å². The fourth-order valence-corrected chi connectivity index (χ4v) is 4.95. The number of aryl methyl sites for hydroxylation is 1. The van der Waals surface area contributed by atoms with Gasteiger partial charge < -0.3 is 4.90 Å². The Morgan fingerprint density at radius 3 is 2.52 bits per heavy atom. The van der Waals surface area contributed by atoms with Gasteiger partial charge in [-0.1, -0.05) is 43.9 Å². The number of hydrogen-bond donors (Lipinski definition) is 0. The molecule has 2 fully saturated rings. The Labute approximate surface area is 131 Å². The maximum absolute atomic E-state index is 11.2. The van der Waals surface area contributed by atoms with Crippen LogP contribution in [0.5, 0.6) is 0 Å². The quantitative estimate of drug-likeness (QED) is 0.770. The molecule has 0 atom stereocenters. The molecule has 0 N–H and O–H groups in total. The molecule has 3 nitrogen and oxygen atoms in total. The van der Waals surface area contributed by atoms with Crippen LogP contribution in [0.2, 0.25) is 0 Å². The smallest absolute Gasteiger partial charge is 0.186 e. The predicted octanol–water partition coefficient (Wildman–Crippen LogP) is 4.46. The van der Waals surface area contributed by atoms with E-state index >= 15 is 0 Å². The third kappa shape index (κ3) is 3.15. The van der Waals surface area contributed by atoms with Crippen molar-refractivity contribution in [1.82, 2.24) is 4.98 Å². The molecule has 21 heavy (non-hydrogen) atoms. The Bertz CT molecular complexity index is 481. The second-order valence-electron chi connectivity index (χ2n) is 6.72. The molecular formula is C17H26N2OS. The highest BCUT2D eigenvalue weighted by atomic mass is 32.1. The van der Waals surface area contributed by atoms with Crippen LogP contribution < -0.4 is 4.90 Å². The fourth-order valence-electron chi connectivity index (χ4n) is 3.97. The molecule has 0 bridgehead atoms. The highest BCUT2D eigenvalue weighted by molar-refractivity contribution is 7.17. The van der Waals surface area contributed by atoms with E-state index in [1.54, 1.807) is 11.3 Å². The summed E-state index contributed by atoms with van der Waals surface area (Å²) in [6.45, 7) is 4.39. The first kappa shape index (κ1) is 15.0. The zero-order valence-corrected chi connectivity index (χ0v) is 13.9. The number of aldehydes is 1. The lowest BCUT2D eigenvalue weighted by atomic mass is 9.68. The molecule has 0 radical (unpaired) electrons. The summed E-state index contributed by atoms with van der Waals surface area (Å²) in [6, 6.07) is 0. The van der Waals surface area contributed by atoms with E-state index in [1.807, 2.05) is 0 Å². The number of thiazole rings is 1. The molecule has 1 aromatic heterocycles. The second-order valence-corrected chi connectivity index (χ2v) is 7.73. The Morgan fingerprint density at radius 1 is 1.19 bits per heavy atom. The van der Waals surface area contributed by atoms with Gasteiger partial charge in [0.05, 0.1) is 10.6 Å². The predicted molar refractivity (Wildman–Crippen MR) is 88.5 cm³/mol. The number of aromatic nitrogens is 1. The maximum atomic E-state index is 11.2. The molecule has 1 aliphatic heterocycles. The zero-order valence-electron chi connectivity index (χ0n) is 13.1. The minimum absolute atomic E-state index is 0.631. The van der Waals surface area contributed by atoms with Crippen molar-refractivity contribution in [2.75, 3.05) is 18.0 Å². The standard InChI is InChI=1S/C17H26N2OS/c1-2-6-14-15(13-20)21-16(18-14)19-11-9-17(10-12-19)7-4-3-5-8-17/h13H,2-12H2,1H3. The van der Waals surface area contributed by atoms with Crippen molar-refractivity contribution in [3.8, 4) is 0 Å². The molecule has 116 valence electrons. The van der Waals surface area contributed by atoms with Crippen LogP contribution >= 0.6 is 11.3 Å². The van der Waals surface area contributed by atoms with E-state index in [1.165, 1.54) is 44.9 Å². The number of piperidine rings is 1. The van der Waals surface area contributed by atoms with Crippen LogP contribution in [-0.4, -0.2) is 24.4 Å². The van der Waals surface area contributed by atoms with Gasteiger partial charge in [-0.05, 0) is 37.5 Å².